The number of hydrogen-bond acceptors (Lipinski definition) is 4. The van der Waals surface area contributed by atoms with Gasteiger partial charge in [0.1, 0.15) is 6.61 Å². The lowest BCUT2D eigenvalue weighted by Crippen LogP contribution is -2.40. The Morgan fingerprint density at radius 3 is 2.69 bits per heavy atom. The van der Waals surface area contributed by atoms with Gasteiger partial charge in [0.25, 0.3) is 5.91 Å². The van der Waals surface area contributed by atoms with E-state index in [4.69, 9.17) is 21.1 Å². The predicted octanol–water partition coefficient (Wildman–Crippen LogP) is 3.82. The van der Waals surface area contributed by atoms with Gasteiger partial charge in [0, 0.05) is 16.3 Å². The number of amides is 1. The number of H-pyrrole nitrogens is 1. The molecule has 3 aromatic rings. The summed E-state index contributed by atoms with van der Waals surface area (Å²) in [6.45, 7) is 2.03. The number of carbonyl (C=O) groups is 1. The summed E-state index contributed by atoms with van der Waals surface area (Å²) in [6, 6.07) is 14.6. The molecule has 132 valence electrons. The minimum atomic E-state index is -0.750. The molecule has 26 heavy (non-hydrogen) atoms. The van der Waals surface area contributed by atoms with Crippen LogP contribution < -0.4 is 14.8 Å². The van der Waals surface area contributed by atoms with Gasteiger partial charge in [-0.3, -0.25) is 9.89 Å². The van der Waals surface area contributed by atoms with Crippen molar-refractivity contribution in [1.29, 1.82) is 0 Å². The third-order valence-corrected chi connectivity index (χ3v) is 4.37. The SMILES string of the molecule is Cc1[nH]nc(NC(=O)C2COc3ccccc3O2)c1-c1ccc(Cl)cc1. The van der Waals surface area contributed by atoms with Crippen molar-refractivity contribution in [2.24, 2.45) is 0 Å². The van der Waals surface area contributed by atoms with Crippen molar-refractivity contribution in [3.8, 4) is 22.6 Å². The summed E-state index contributed by atoms with van der Waals surface area (Å²) in [7, 11) is 0. The van der Waals surface area contributed by atoms with Crippen molar-refractivity contribution < 1.29 is 14.3 Å². The van der Waals surface area contributed by atoms with Crippen molar-refractivity contribution in [2.75, 3.05) is 11.9 Å². The molecule has 1 amide bonds. The lowest BCUT2D eigenvalue weighted by molar-refractivity contribution is -0.125. The lowest BCUT2D eigenvalue weighted by atomic mass is 10.1. The van der Waals surface area contributed by atoms with E-state index in [2.05, 4.69) is 15.5 Å². The molecule has 0 radical (unpaired) electrons. The highest BCUT2D eigenvalue weighted by Gasteiger charge is 2.28. The molecule has 1 atom stereocenters. The van der Waals surface area contributed by atoms with Gasteiger partial charge in [-0.25, -0.2) is 0 Å². The van der Waals surface area contributed by atoms with Crippen LogP contribution in [0.2, 0.25) is 5.02 Å². The van der Waals surface area contributed by atoms with Crippen LogP contribution in [-0.2, 0) is 4.79 Å². The first kappa shape index (κ1) is 16.5. The molecule has 1 aliphatic heterocycles. The number of para-hydroxylation sites is 2. The van der Waals surface area contributed by atoms with E-state index < -0.39 is 6.10 Å². The molecule has 4 rings (SSSR count). The number of rotatable bonds is 3. The minimum absolute atomic E-state index is 0.141. The molecule has 1 unspecified atom stereocenters. The summed E-state index contributed by atoms with van der Waals surface area (Å²) in [5.41, 5.74) is 2.56. The number of hydrogen-bond donors (Lipinski definition) is 2. The average molecular weight is 370 g/mol. The van der Waals surface area contributed by atoms with Gasteiger partial charge in [-0.2, -0.15) is 5.10 Å². The van der Waals surface area contributed by atoms with E-state index >= 15 is 0 Å². The number of halogens is 1. The molecule has 6 nitrogen and oxygen atoms in total. The summed E-state index contributed by atoms with van der Waals surface area (Å²) in [5.74, 6) is 1.31. The zero-order chi connectivity index (χ0) is 18.1. The van der Waals surface area contributed by atoms with E-state index in [1.807, 2.05) is 31.2 Å². The van der Waals surface area contributed by atoms with Gasteiger partial charge in [-0.1, -0.05) is 35.9 Å². The molecular weight excluding hydrogens is 354 g/mol. The van der Waals surface area contributed by atoms with E-state index in [0.29, 0.717) is 22.3 Å². The van der Waals surface area contributed by atoms with Gasteiger partial charge >= 0.3 is 0 Å². The van der Waals surface area contributed by atoms with E-state index in [1.165, 1.54) is 0 Å². The van der Waals surface area contributed by atoms with Crippen LogP contribution in [0.4, 0.5) is 5.82 Å². The Labute approximate surface area is 155 Å². The molecule has 7 heteroatoms. The molecule has 0 spiro atoms. The number of carbonyl (C=O) groups excluding carboxylic acids is 1. The van der Waals surface area contributed by atoms with Gasteiger partial charge in [0.2, 0.25) is 6.10 Å². The molecule has 0 saturated carbocycles. The van der Waals surface area contributed by atoms with Crippen molar-refractivity contribution in [3.63, 3.8) is 0 Å². The zero-order valence-electron chi connectivity index (χ0n) is 14.0. The Morgan fingerprint density at radius 1 is 1.19 bits per heavy atom. The molecule has 0 bridgehead atoms. The second-order valence-electron chi connectivity index (χ2n) is 5.93. The minimum Gasteiger partial charge on any atom is -0.485 e. The molecule has 1 aromatic heterocycles. The highest BCUT2D eigenvalue weighted by atomic mass is 35.5. The Balaban J connectivity index is 1.55. The largest absolute Gasteiger partial charge is 0.485 e. The molecule has 0 fully saturated rings. The van der Waals surface area contributed by atoms with E-state index in [9.17, 15) is 4.79 Å². The second-order valence-corrected chi connectivity index (χ2v) is 6.37. The highest BCUT2D eigenvalue weighted by molar-refractivity contribution is 6.30. The molecule has 2 aromatic carbocycles. The number of nitrogens with one attached hydrogen (secondary N) is 2. The Hall–Kier alpha value is -2.99. The Bertz CT molecular complexity index is 953. The maximum Gasteiger partial charge on any atom is 0.270 e. The lowest BCUT2D eigenvalue weighted by Gasteiger charge is -2.25. The van der Waals surface area contributed by atoms with Crippen LogP contribution in [0.15, 0.2) is 48.5 Å². The third kappa shape index (κ3) is 3.11. The van der Waals surface area contributed by atoms with Gasteiger partial charge in [0.15, 0.2) is 17.3 Å². The van der Waals surface area contributed by atoms with E-state index in [-0.39, 0.29) is 12.5 Å². The molecule has 0 saturated heterocycles. The van der Waals surface area contributed by atoms with Gasteiger partial charge < -0.3 is 14.8 Å². The van der Waals surface area contributed by atoms with E-state index in [1.54, 1.807) is 24.3 Å². The highest BCUT2D eigenvalue weighted by Crippen LogP contribution is 2.33. The molecule has 2 N–H and O–H groups in total. The quantitative estimate of drug-likeness (QED) is 0.736. The third-order valence-electron chi connectivity index (χ3n) is 4.12. The van der Waals surface area contributed by atoms with Crippen molar-refractivity contribution >= 4 is 23.3 Å². The number of anilines is 1. The first-order valence-electron chi connectivity index (χ1n) is 8.12. The fourth-order valence-electron chi connectivity index (χ4n) is 2.84. The van der Waals surface area contributed by atoms with Crippen molar-refractivity contribution in [2.45, 2.75) is 13.0 Å². The summed E-state index contributed by atoms with van der Waals surface area (Å²) in [6.07, 6.45) is -0.750. The van der Waals surface area contributed by atoms with Crippen LogP contribution >= 0.6 is 11.6 Å². The number of fused-ring (bicyclic) bond motifs is 1. The number of aromatic nitrogens is 2. The molecule has 1 aliphatic rings. The summed E-state index contributed by atoms with van der Waals surface area (Å²) >= 11 is 5.96. The van der Waals surface area contributed by atoms with Gasteiger partial charge in [0.05, 0.1) is 0 Å². The van der Waals surface area contributed by atoms with E-state index in [0.717, 1.165) is 16.8 Å². The number of ether oxygens (including phenoxy) is 2. The maximum absolute atomic E-state index is 12.6. The monoisotopic (exact) mass is 369 g/mol. The Kier molecular flexibility index (Phi) is 4.26. The summed E-state index contributed by atoms with van der Waals surface area (Å²) in [5, 5.41) is 10.6. The first-order chi connectivity index (χ1) is 12.6. The topological polar surface area (TPSA) is 76.2 Å². The number of nitrogens with zero attached hydrogens (tertiary/aromatic N) is 1. The standard InChI is InChI=1S/C19H16ClN3O3/c1-11-17(12-6-8-13(20)9-7-12)18(23-22-11)21-19(24)16-10-25-14-4-2-3-5-15(14)26-16/h2-9,16H,10H2,1H3,(H2,21,22,23,24). The molecule has 2 heterocycles. The second kappa shape index (κ2) is 6.72. The smallest absolute Gasteiger partial charge is 0.270 e. The van der Waals surface area contributed by atoms with Crippen molar-refractivity contribution in [1.82, 2.24) is 10.2 Å². The van der Waals surface area contributed by atoms with Gasteiger partial charge in [-0.15, -0.1) is 0 Å². The predicted molar refractivity (Wildman–Crippen MR) is 98.8 cm³/mol. The molecular formula is C19H16ClN3O3. The number of aryl methyl sites for hydroxylation is 1. The summed E-state index contributed by atoms with van der Waals surface area (Å²) < 4.78 is 11.3. The van der Waals surface area contributed by atoms with Crippen LogP contribution in [0, 0.1) is 6.92 Å². The Morgan fingerprint density at radius 2 is 1.92 bits per heavy atom. The fraction of sp³-hybridized carbons (Fsp3) is 0.158. The summed E-state index contributed by atoms with van der Waals surface area (Å²) in [4.78, 5) is 12.6. The average Bonchev–Trinajstić information content (AvgIpc) is 3.02. The van der Waals surface area contributed by atoms with Crippen LogP contribution in [0.25, 0.3) is 11.1 Å². The van der Waals surface area contributed by atoms with Crippen LogP contribution in [-0.4, -0.2) is 28.8 Å². The number of benzene rings is 2. The van der Waals surface area contributed by atoms with Gasteiger partial charge in [-0.05, 0) is 36.8 Å². The van der Waals surface area contributed by atoms with Crippen molar-refractivity contribution in [3.05, 3.63) is 59.2 Å². The number of aromatic amines is 1. The van der Waals surface area contributed by atoms with Crippen LogP contribution in [0.3, 0.4) is 0 Å². The maximum atomic E-state index is 12.6. The first-order valence-corrected chi connectivity index (χ1v) is 8.50. The van der Waals surface area contributed by atoms with Crippen LogP contribution in [0.5, 0.6) is 11.5 Å². The normalized spacial score (nSPS) is 15.5. The fourth-order valence-corrected chi connectivity index (χ4v) is 2.96. The molecule has 0 aliphatic carbocycles. The zero-order valence-corrected chi connectivity index (χ0v) is 14.7. The van der Waals surface area contributed by atoms with Crippen LogP contribution in [0.1, 0.15) is 5.69 Å².